The lowest BCUT2D eigenvalue weighted by Gasteiger charge is -2.25. The quantitative estimate of drug-likeness (QED) is 0.774. The third-order valence-corrected chi connectivity index (χ3v) is 2.91. The number of halogens is 3. The molecule has 0 saturated carbocycles. The minimum atomic E-state index is -1.06. The predicted molar refractivity (Wildman–Crippen MR) is 63.1 cm³/mol. The predicted octanol–water partition coefficient (Wildman–Crippen LogP) is 0.826. The Hall–Kier alpha value is -1.83. The number of carbonyl (C=O) groups excluding carboxylic acids is 3. The van der Waals surface area contributed by atoms with Crippen molar-refractivity contribution in [3.63, 3.8) is 0 Å². The highest BCUT2D eigenvalue weighted by Gasteiger charge is 2.30. The molecule has 1 N–H and O–H groups in total. The Labute approximate surface area is 114 Å². The second-order valence-electron chi connectivity index (χ2n) is 3.88. The molecule has 0 bridgehead atoms. The number of hydrogen-bond acceptors (Lipinski definition) is 3. The Balaban J connectivity index is 2.34. The van der Waals surface area contributed by atoms with Crippen LogP contribution in [0.25, 0.3) is 0 Å². The van der Waals surface area contributed by atoms with E-state index in [1.807, 2.05) is 5.32 Å². The van der Waals surface area contributed by atoms with Gasteiger partial charge in [0, 0.05) is 4.47 Å². The zero-order valence-corrected chi connectivity index (χ0v) is 11.0. The fourth-order valence-electron chi connectivity index (χ4n) is 1.69. The van der Waals surface area contributed by atoms with Crippen LogP contribution in [0.15, 0.2) is 16.6 Å². The van der Waals surface area contributed by atoms with Gasteiger partial charge in [-0.15, -0.1) is 0 Å². The number of benzene rings is 1. The number of rotatable bonds is 1. The molecule has 0 radical (unpaired) electrons. The van der Waals surface area contributed by atoms with E-state index in [4.69, 9.17) is 0 Å². The van der Waals surface area contributed by atoms with Gasteiger partial charge in [-0.1, -0.05) is 15.9 Å². The summed E-state index contributed by atoms with van der Waals surface area (Å²) in [6.45, 7) is -0.834. The summed E-state index contributed by atoms with van der Waals surface area (Å²) in [5.74, 6) is -4.54. The fourth-order valence-corrected chi connectivity index (χ4v) is 2.09. The summed E-state index contributed by atoms with van der Waals surface area (Å²) in [6.07, 6.45) is 0. The van der Waals surface area contributed by atoms with E-state index in [9.17, 15) is 23.2 Å². The van der Waals surface area contributed by atoms with Crippen LogP contribution in [0.4, 0.5) is 8.78 Å². The van der Waals surface area contributed by atoms with Crippen molar-refractivity contribution in [2.24, 2.45) is 0 Å². The number of hydrogen-bond donors (Lipinski definition) is 1. The molecule has 0 aromatic heterocycles. The first-order chi connectivity index (χ1) is 8.88. The zero-order valence-electron chi connectivity index (χ0n) is 9.37. The monoisotopic (exact) mass is 332 g/mol. The van der Waals surface area contributed by atoms with E-state index >= 15 is 0 Å². The minimum absolute atomic E-state index is 0.145. The molecule has 1 aliphatic rings. The van der Waals surface area contributed by atoms with Gasteiger partial charge in [-0.25, -0.2) is 8.78 Å². The highest BCUT2D eigenvalue weighted by molar-refractivity contribution is 9.10. The SMILES string of the molecule is O=C1CN(C(=O)c2c(F)cc(Br)cc2F)CC(=O)N1. The molecule has 1 aromatic rings. The summed E-state index contributed by atoms with van der Waals surface area (Å²) in [5, 5.41) is 1.99. The largest absolute Gasteiger partial charge is 0.320 e. The van der Waals surface area contributed by atoms with E-state index in [2.05, 4.69) is 15.9 Å². The summed E-state index contributed by atoms with van der Waals surface area (Å²) in [6, 6.07) is 1.87. The van der Waals surface area contributed by atoms with Crippen molar-refractivity contribution >= 4 is 33.7 Å². The Morgan fingerprint density at radius 1 is 1.16 bits per heavy atom. The standard InChI is InChI=1S/C11H7BrF2N2O3/c12-5-1-6(13)10(7(14)2-5)11(19)16-3-8(17)15-9(18)4-16/h1-2H,3-4H2,(H,15,17,18). The van der Waals surface area contributed by atoms with Gasteiger partial charge in [0.05, 0.1) is 0 Å². The molecule has 100 valence electrons. The van der Waals surface area contributed by atoms with E-state index in [1.54, 1.807) is 0 Å². The van der Waals surface area contributed by atoms with Gasteiger partial charge in [0.2, 0.25) is 11.8 Å². The van der Waals surface area contributed by atoms with Crippen molar-refractivity contribution in [3.8, 4) is 0 Å². The normalized spacial score (nSPS) is 15.4. The van der Waals surface area contributed by atoms with Crippen molar-refractivity contribution in [3.05, 3.63) is 33.8 Å². The van der Waals surface area contributed by atoms with Crippen LogP contribution in [-0.4, -0.2) is 35.7 Å². The van der Waals surface area contributed by atoms with Crippen LogP contribution in [0.1, 0.15) is 10.4 Å². The summed E-state index contributed by atoms with van der Waals surface area (Å²) in [5.41, 5.74) is -0.786. The summed E-state index contributed by atoms with van der Waals surface area (Å²) < 4.78 is 27.4. The molecule has 19 heavy (non-hydrogen) atoms. The van der Waals surface area contributed by atoms with Crippen molar-refractivity contribution < 1.29 is 23.2 Å². The van der Waals surface area contributed by atoms with Crippen LogP contribution in [0, 0.1) is 11.6 Å². The molecule has 0 unspecified atom stereocenters. The van der Waals surface area contributed by atoms with Gasteiger partial charge in [-0.05, 0) is 12.1 Å². The molecule has 0 aliphatic carbocycles. The first kappa shape index (κ1) is 13.6. The van der Waals surface area contributed by atoms with Crippen molar-refractivity contribution in [2.45, 2.75) is 0 Å². The van der Waals surface area contributed by atoms with Gasteiger partial charge >= 0.3 is 0 Å². The smallest absolute Gasteiger partial charge is 0.260 e. The van der Waals surface area contributed by atoms with E-state index in [-0.39, 0.29) is 4.47 Å². The van der Waals surface area contributed by atoms with E-state index in [0.29, 0.717) is 0 Å². The van der Waals surface area contributed by atoms with E-state index in [0.717, 1.165) is 17.0 Å². The Kier molecular flexibility index (Phi) is 3.61. The lowest BCUT2D eigenvalue weighted by molar-refractivity contribution is -0.135. The summed E-state index contributed by atoms with van der Waals surface area (Å²) >= 11 is 2.89. The third kappa shape index (κ3) is 2.78. The number of imide groups is 1. The Morgan fingerprint density at radius 3 is 2.11 bits per heavy atom. The number of amides is 3. The zero-order chi connectivity index (χ0) is 14.2. The second kappa shape index (κ2) is 5.04. The third-order valence-electron chi connectivity index (χ3n) is 2.46. The molecule has 5 nitrogen and oxygen atoms in total. The van der Waals surface area contributed by atoms with Crippen LogP contribution in [0.5, 0.6) is 0 Å². The highest BCUT2D eigenvalue weighted by atomic mass is 79.9. The lowest BCUT2D eigenvalue weighted by Crippen LogP contribution is -2.53. The first-order valence-electron chi connectivity index (χ1n) is 5.15. The van der Waals surface area contributed by atoms with Crippen LogP contribution in [-0.2, 0) is 9.59 Å². The van der Waals surface area contributed by atoms with E-state index < -0.39 is 48.0 Å². The van der Waals surface area contributed by atoms with Gasteiger partial charge in [0.1, 0.15) is 30.3 Å². The maximum absolute atomic E-state index is 13.6. The van der Waals surface area contributed by atoms with Crippen molar-refractivity contribution in [1.82, 2.24) is 10.2 Å². The average molecular weight is 333 g/mol. The van der Waals surface area contributed by atoms with E-state index in [1.165, 1.54) is 0 Å². The molecule has 8 heteroatoms. The fraction of sp³-hybridized carbons (Fsp3) is 0.182. The van der Waals surface area contributed by atoms with Crippen LogP contribution in [0.2, 0.25) is 0 Å². The Bertz CT molecular complexity index is 552. The van der Waals surface area contributed by atoms with Gasteiger partial charge < -0.3 is 4.90 Å². The Morgan fingerprint density at radius 2 is 1.63 bits per heavy atom. The molecule has 1 saturated heterocycles. The van der Waals surface area contributed by atoms with Crippen LogP contribution < -0.4 is 5.32 Å². The minimum Gasteiger partial charge on any atom is -0.320 e. The molecule has 1 aromatic carbocycles. The number of carbonyl (C=O) groups is 3. The topological polar surface area (TPSA) is 66.5 Å². The molecule has 3 amide bonds. The van der Waals surface area contributed by atoms with Crippen molar-refractivity contribution in [1.29, 1.82) is 0 Å². The highest BCUT2D eigenvalue weighted by Crippen LogP contribution is 2.21. The molecular weight excluding hydrogens is 326 g/mol. The van der Waals surface area contributed by atoms with Gasteiger partial charge in [-0.2, -0.15) is 0 Å². The molecule has 1 aliphatic heterocycles. The molecular formula is C11H7BrF2N2O3. The maximum atomic E-state index is 13.6. The van der Waals surface area contributed by atoms with Crippen LogP contribution >= 0.6 is 15.9 Å². The summed E-state index contributed by atoms with van der Waals surface area (Å²) in [7, 11) is 0. The van der Waals surface area contributed by atoms with Gasteiger partial charge in [0.15, 0.2) is 0 Å². The molecule has 0 atom stereocenters. The summed E-state index contributed by atoms with van der Waals surface area (Å²) in [4.78, 5) is 35.0. The number of nitrogens with zero attached hydrogens (tertiary/aromatic N) is 1. The molecule has 1 heterocycles. The second-order valence-corrected chi connectivity index (χ2v) is 4.79. The molecule has 2 rings (SSSR count). The molecule has 1 fully saturated rings. The maximum Gasteiger partial charge on any atom is 0.260 e. The van der Waals surface area contributed by atoms with Crippen LogP contribution in [0.3, 0.4) is 0 Å². The first-order valence-corrected chi connectivity index (χ1v) is 5.94. The van der Waals surface area contributed by atoms with Gasteiger partial charge in [0.25, 0.3) is 5.91 Å². The molecule has 0 spiro atoms. The number of nitrogens with one attached hydrogen (secondary N) is 1. The van der Waals surface area contributed by atoms with Gasteiger partial charge in [-0.3, -0.25) is 19.7 Å². The number of piperazine rings is 1. The lowest BCUT2D eigenvalue weighted by atomic mass is 10.1. The van der Waals surface area contributed by atoms with Crippen molar-refractivity contribution in [2.75, 3.05) is 13.1 Å². The average Bonchev–Trinajstić information content (AvgIpc) is 2.25.